The van der Waals surface area contributed by atoms with E-state index >= 15 is 0 Å². The van der Waals surface area contributed by atoms with E-state index in [4.69, 9.17) is 16.3 Å². The Kier molecular flexibility index (Phi) is 5.52. The van der Waals surface area contributed by atoms with Crippen molar-refractivity contribution >= 4 is 29.1 Å². The van der Waals surface area contributed by atoms with Crippen molar-refractivity contribution in [1.82, 2.24) is 4.90 Å². The average molecular weight is 430 g/mol. The molecule has 1 amide bonds. The highest BCUT2D eigenvalue weighted by molar-refractivity contribution is 6.46. The molecule has 0 aromatic heterocycles. The monoisotopic (exact) mass is 429 g/mol. The normalized spacial score (nSPS) is 21.4. The third-order valence-electron chi connectivity index (χ3n) is 5.81. The van der Waals surface area contributed by atoms with Crippen molar-refractivity contribution in [2.24, 2.45) is 0 Å². The minimum atomic E-state index is -0.782. The van der Waals surface area contributed by atoms with Crippen LogP contribution in [0.4, 0.5) is 4.39 Å². The highest BCUT2D eigenvalue weighted by Crippen LogP contribution is 2.43. The number of amides is 1. The van der Waals surface area contributed by atoms with Crippen molar-refractivity contribution in [3.63, 3.8) is 0 Å². The molecule has 0 spiro atoms. The Labute approximate surface area is 178 Å². The number of ether oxygens (including phenoxy) is 1. The van der Waals surface area contributed by atoms with Crippen molar-refractivity contribution in [2.45, 2.75) is 37.8 Å². The molecule has 2 aliphatic rings. The topological polar surface area (TPSA) is 66.8 Å². The number of methoxy groups -OCH3 is 1. The number of Topliss-reactive ketones (excluding diaryl/α,β-unsaturated/α-hetero) is 1. The van der Waals surface area contributed by atoms with Gasteiger partial charge in [-0.25, -0.2) is 4.39 Å². The first-order valence-corrected chi connectivity index (χ1v) is 10.2. The molecule has 1 saturated heterocycles. The average Bonchev–Trinajstić information content (AvgIpc) is 3.35. The zero-order chi connectivity index (χ0) is 21.4. The van der Waals surface area contributed by atoms with Gasteiger partial charge in [0.05, 0.1) is 23.7 Å². The molecular formula is C23H21ClFNO4. The first-order valence-electron chi connectivity index (χ1n) is 9.82. The van der Waals surface area contributed by atoms with Gasteiger partial charge in [0.2, 0.25) is 0 Å². The first kappa shape index (κ1) is 20.4. The number of hydrogen-bond donors (Lipinski definition) is 1. The van der Waals surface area contributed by atoms with Gasteiger partial charge in [0.1, 0.15) is 17.3 Å². The number of ketones is 1. The van der Waals surface area contributed by atoms with E-state index in [1.807, 2.05) is 0 Å². The minimum absolute atomic E-state index is 0.0112. The molecule has 0 radical (unpaired) electrons. The van der Waals surface area contributed by atoms with Crippen LogP contribution in [0.1, 0.15) is 42.9 Å². The van der Waals surface area contributed by atoms with Crippen molar-refractivity contribution in [2.75, 3.05) is 7.11 Å². The Balaban J connectivity index is 1.88. The summed E-state index contributed by atoms with van der Waals surface area (Å²) in [5.41, 5.74) is 0.876. The van der Waals surface area contributed by atoms with E-state index in [2.05, 4.69) is 0 Å². The second-order valence-electron chi connectivity index (χ2n) is 7.55. The van der Waals surface area contributed by atoms with Crippen LogP contribution >= 0.6 is 11.6 Å². The number of likely N-dealkylation sites (tertiary alicyclic amines) is 1. The number of halogens is 2. The predicted molar refractivity (Wildman–Crippen MR) is 111 cm³/mol. The lowest BCUT2D eigenvalue weighted by molar-refractivity contribution is -0.141. The largest absolute Gasteiger partial charge is 0.507 e. The number of rotatable bonds is 4. The molecule has 1 unspecified atom stereocenters. The van der Waals surface area contributed by atoms with Crippen LogP contribution in [-0.4, -0.2) is 34.8 Å². The third kappa shape index (κ3) is 3.45. The van der Waals surface area contributed by atoms with Crippen molar-refractivity contribution in [3.8, 4) is 5.75 Å². The molecule has 7 heteroatoms. The van der Waals surface area contributed by atoms with E-state index in [9.17, 15) is 19.1 Å². The summed E-state index contributed by atoms with van der Waals surface area (Å²) >= 11 is 6.07. The Morgan fingerprint density at radius 2 is 1.80 bits per heavy atom. The lowest BCUT2D eigenvalue weighted by atomic mass is 9.94. The molecule has 2 aromatic rings. The van der Waals surface area contributed by atoms with Gasteiger partial charge < -0.3 is 14.7 Å². The highest BCUT2D eigenvalue weighted by Gasteiger charge is 2.49. The number of nitrogens with zero attached hydrogens (tertiary/aromatic N) is 1. The van der Waals surface area contributed by atoms with E-state index in [-0.39, 0.29) is 17.4 Å². The van der Waals surface area contributed by atoms with Crippen LogP contribution in [0.3, 0.4) is 0 Å². The summed E-state index contributed by atoms with van der Waals surface area (Å²) in [4.78, 5) is 27.6. The summed E-state index contributed by atoms with van der Waals surface area (Å²) in [7, 11) is 1.45. The van der Waals surface area contributed by atoms with Crippen LogP contribution in [0.25, 0.3) is 5.76 Å². The summed E-state index contributed by atoms with van der Waals surface area (Å²) in [6.45, 7) is 0. The van der Waals surface area contributed by atoms with Crippen molar-refractivity contribution in [3.05, 3.63) is 70.0 Å². The van der Waals surface area contributed by atoms with Gasteiger partial charge in [-0.05, 0) is 48.7 Å². The molecule has 156 valence electrons. The van der Waals surface area contributed by atoms with E-state index in [1.54, 1.807) is 29.2 Å². The lowest BCUT2D eigenvalue weighted by Gasteiger charge is -2.30. The fraction of sp³-hybridized carbons (Fsp3) is 0.304. The summed E-state index contributed by atoms with van der Waals surface area (Å²) in [6, 6.07) is 9.41. The second kappa shape index (κ2) is 8.11. The van der Waals surface area contributed by atoms with Gasteiger partial charge in [-0.15, -0.1) is 0 Å². The number of hydrogen-bond acceptors (Lipinski definition) is 4. The van der Waals surface area contributed by atoms with Gasteiger partial charge in [-0.1, -0.05) is 36.6 Å². The van der Waals surface area contributed by atoms with Crippen molar-refractivity contribution in [1.29, 1.82) is 0 Å². The number of carbonyl (C=O) groups is 2. The van der Waals surface area contributed by atoms with Crippen LogP contribution in [0.15, 0.2) is 48.0 Å². The van der Waals surface area contributed by atoms with Gasteiger partial charge in [-0.3, -0.25) is 9.59 Å². The minimum Gasteiger partial charge on any atom is -0.507 e. The molecule has 4 rings (SSSR count). The molecule has 30 heavy (non-hydrogen) atoms. The summed E-state index contributed by atoms with van der Waals surface area (Å²) in [5.74, 6) is -1.78. The molecule has 1 saturated carbocycles. The van der Waals surface area contributed by atoms with Crippen LogP contribution in [-0.2, 0) is 9.59 Å². The standard InChI is InChI=1S/C23H21ClFNO4/c1-30-18-12-14(8-11-17(18)24)21(27)19-20(13-6-9-15(25)10-7-13)26(23(29)22(19)28)16-4-2-3-5-16/h6-12,16,20,27H,2-5H2,1H3/b21-19-. The second-order valence-corrected chi connectivity index (χ2v) is 7.95. The van der Waals surface area contributed by atoms with Gasteiger partial charge >= 0.3 is 0 Å². The lowest BCUT2D eigenvalue weighted by Crippen LogP contribution is -2.37. The van der Waals surface area contributed by atoms with Gasteiger partial charge in [-0.2, -0.15) is 0 Å². The maximum atomic E-state index is 13.5. The molecule has 1 N–H and O–H groups in total. The van der Waals surface area contributed by atoms with E-state index in [1.165, 1.54) is 25.3 Å². The number of aliphatic hydroxyl groups excluding tert-OH is 1. The van der Waals surface area contributed by atoms with E-state index < -0.39 is 23.5 Å². The summed E-state index contributed by atoms with van der Waals surface area (Å²) in [5, 5.41) is 11.4. The van der Waals surface area contributed by atoms with Crippen LogP contribution in [0.2, 0.25) is 5.02 Å². The smallest absolute Gasteiger partial charge is 0.295 e. The van der Waals surface area contributed by atoms with Gasteiger partial charge in [0, 0.05) is 11.6 Å². The number of benzene rings is 2. The van der Waals surface area contributed by atoms with Crippen LogP contribution in [0, 0.1) is 5.82 Å². The van der Waals surface area contributed by atoms with E-state index in [0.29, 0.717) is 21.9 Å². The Bertz CT molecular complexity index is 1030. The summed E-state index contributed by atoms with van der Waals surface area (Å²) in [6.07, 6.45) is 3.52. The molecule has 2 fully saturated rings. The van der Waals surface area contributed by atoms with Gasteiger partial charge in [0.25, 0.3) is 11.7 Å². The SMILES string of the molecule is COc1cc(/C(O)=C2/C(=O)C(=O)N(C3CCCC3)C2c2ccc(F)cc2)ccc1Cl. The van der Waals surface area contributed by atoms with E-state index in [0.717, 1.165) is 25.7 Å². The van der Waals surface area contributed by atoms with Crippen molar-refractivity contribution < 1.29 is 23.8 Å². The fourth-order valence-corrected chi connectivity index (χ4v) is 4.54. The Morgan fingerprint density at radius 1 is 1.13 bits per heavy atom. The van der Waals surface area contributed by atoms with Gasteiger partial charge in [0.15, 0.2) is 0 Å². The predicted octanol–water partition coefficient (Wildman–Crippen LogP) is 4.85. The highest BCUT2D eigenvalue weighted by atomic mass is 35.5. The quantitative estimate of drug-likeness (QED) is 0.428. The number of aliphatic hydroxyl groups is 1. The number of carbonyl (C=O) groups excluding carboxylic acids is 2. The molecule has 1 heterocycles. The Hall–Kier alpha value is -2.86. The Morgan fingerprint density at radius 3 is 2.43 bits per heavy atom. The first-order chi connectivity index (χ1) is 14.4. The maximum absolute atomic E-state index is 13.5. The molecule has 1 aliphatic carbocycles. The molecular weight excluding hydrogens is 409 g/mol. The molecule has 2 aromatic carbocycles. The molecule has 1 atom stereocenters. The summed E-state index contributed by atoms with van der Waals surface area (Å²) < 4.78 is 18.7. The zero-order valence-electron chi connectivity index (χ0n) is 16.4. The zero-order valence-corrected chi connectivity index (χ0v) is 17.2. The molecule has 0 bridgehead atoms. The third-order valence-corrected chi connectivity index (χ3v) is 6.12. The molecule has 5 nitrogen and oxygen atoms in total. The maximum Gasteiger partial charge on any atom is 0.295 e. The van der Waals surface area contributed by atoms with Crippen LogP contribution in [0.5, 0.6) is 5.75 Å². The molecule has 1 aliphatic heterocycles. The fourth-order valence-electron chi connectivity index (χ4n) is 4.34. The van der Waals surface area contributed by atoms with Crippen LogP contribution < -0.4 is 4.74 Å².